The van der Waals surface area contributed by atoms with E-state index in [0.717, 1.165) is 0 Å². The molecule has 3 amide bonds. The minimum absolute atomic E-state index is 0.0141. The summed E-state index contributed by atoms with van der Waals surface area (Å²) in [6.45, 7) is 6.17. The molecule has 1 aromatic carbocycles. The summed E-state index contributed by atoms with van der Waals surface area (Å²) >= 11 is 0. The first-order chi connectivity index (χ1) is 15.9. The van der Waals surface area contributed by atoms with Crippen molar-refractivity contribution in [2.24, 2.45) is 17.6 Å². The van der Waals surface area contributed by atoms with Crippen molar-refractivity contribution in [3.63, 3.8) is 0 Å². The van der Waals surface area contributed by atoms with Crippen LogP contribution in [0.1, 0.15) is 39.7 Å². The Morgan fingerprint density at radius 2 is 1.44 bits per heavy atom. The highest BCUT2D eigenvalue weighted by Gasteiger charge is 2.31. The number of nitrogens with two attached hydrogens (primary N) is 1. The fraction of sp³-hybridized carbons (Fsp3) is 0.565. The van der Waals surface area contributed by atoms with Crippen LogP contribution in [0.3, 0.4) is 0 Å². The molecule has 34 heavy (non-hydrogen) atoms. The van der Waals surface area contributed by atoms with Crippen molar-refractivity contribution in [3.8, 4) is 5.75 Å². The summed E-state index contributed by atoms with van der Waals surface area (Å²) in [6, 6.07) is 1.27. The first kappa shape index (κ1) is 28.9. The Hall–Kier alpha value is -3.18. The number of carbonyl (C=O) groups is 4. The molecule has 0 aliphatic rings. The van der Waals surface area contributed by atoms with Gasteiger partial charge in [-0.2, -0.15) is 0 Å². The lowest BCUT2D eigenvalue weighted by Crippen LogP contribution is -2.59. The van der Waals surface area contributed by atoms with Crippen molar-refractivity contribution in [2.45, 2.75) is 64.7 Å². The summed E-state index contributed by atoms with van der Waals surface area (Å²) in [6.07, 6.45) is 0.612. The van der Waals surface area contributed by atoms with Gasteiger partial charge >= 0.3 is 5.97 Å². The first-order valence-corrected chi connectivity index (χ1v) is 11.2. The number of aromatic hydroxyl groups is 1. The zero-order valence-corrected chi connectivity index (χ0v) is 19.9. The number of hydrogen-bond donors (Lipinski definition) is 7. The third-order valence-electron chi connectivity index (χ3n) is 5.61. The van der Waals surface area contributed by atoms with Gasteiger partial charge in [0, 0.05) is 6.42 Å². The second-order valence-corrected chi connectivity index (χ2v) is 8.66. The van der Waals surface area contributed by atoms with Crippen LogP contribution in [0.2, 0.25) is 0 Å². The molecule has 0 heterocycles. The second kappa shape index (κ2) is 13.5. The Kier molecular flexibility index (Phi) is 11.5. The number of phenols is 1. The van der Waals surface area contributed by atoms with E-state index in [1.807, 2.05) is 6.92 Å². The quantitative estimate of drug-likeness (QED) is 0.196. The zero-order valence-electron chi connectivity index (χ0n) is 19.9. The number of benzene rings is 1. The van der Waals surface area contributed by atoms with Gasteiger partial charge in [-0.25, -0.2) is 4.79 Å². The van der Waals surface area contributed by atoms with Crippen molar-refractivity contribution >= 4 is 23.7 Å². The molecule has 1 rings (SSSR count). The highest BCUT2D eigenvalue weighted by molar-refractivity contribution is 5.94. The molecule has 0 radical (unpaired) electrons. The van der Waals surface area contributed by atoms with Crippen LogP contribution in [0.4, 0.5) is 0 Å². The highest BCUT2D eigenvalue weighted by atomic mass is 16.4. The third-order valence-corrected chi connectivity index (χ3v) is 5.61. The van der Waals surface area contributed by atoms with E-state index in [1.165, 1.54) is 12.1 Å². The number of aliphatic hydroxyl groups is 1. The number of amides is 3. The van der Waals surface area contributed by atoms with E-state index in [4.69, 9.17) is 5.73 Å². The van der Waals surface area contributed by atoms with E-state index in [-0.39, 0.29) is 18.1 Å². The maximum atomic E-state index is 12.9. The Morgan fingerprint density at radius 3 is 1.91 bits per heavy atom. The average Bonchev–Trinajstić information content (AvgIpc) is 2.79. The summed E-state index contributed by atoms with van der Waals surface area (Å²) in [4.78, 5) is 49.6. The van der Waals surface area contributed by atoms with Gasteiger partial charge < -0.3 is 37.0 Å². The van der Waals surface area contributed by atoms with E-state index in [1.54, 1.807) is 32.9 Å². The van der Waals surface area contributed by atoms with Crippen molar-refractivity contribution in [2.75, 3.05) is 6.61 Å². The maximum Gasteiger partial charge on any atom is 0.326 e. The molecule has 190 valence electrons. The standard InChI is InChI=1S/C23H36N4O7/c1-5-13(4)18(24)22(32)26-17(11-28)21(31)25-16(10-14-6-8-15(29)9-7-14)20(30)27-19(12(2)3)23(33)34/h6-9,12-13,16-19,28-29H,5,10-11,24H2,1-4H3,(H,25,31)(H,26,32)(H,27,30)(H,33,34). The van der Waals surface area contributed by atoms with Crippen LogP contribution in [0, 0.1) is 11.8 Å². The summed E-state index contributed by atoms with van der Waals surface area (Å²) in [5.41, 5.74) is 6.47. The van der Waals surface area contributed by atoms with Crippen molar-refractivity contribution in [3.05, 3.63) is 29.8 Å². The Labute approximate surface area is 199 Å². The second-order valence-electron chi connectivity index (χ2n) is 8.66. The lowest BCUT2D eigenvalue weighted by atomic mass is 9.99. The van der Waals surface area contributed by atoms with E-state index in [9.17, 15) is 34.5 Å². The molecule has 0 bridgehead atoms. The maximum absolute atomic E-state index is 12.9. The molecule has 11 nitrogen and oxygen atoms in total. The largest absolute Gasteiger partial charge is 0.508 e. The Bertz CT molecular complexity index is 844. The van der Waals surface area contributed by atoms with Gasteiger partial charge in [0.15, 0.2) is 0 Å². The van der Waals surface area contributed by atoms with Crippen LogP contribution in [0.25, 0.3) is 0 Å². The zero-order chi connectivity index (χ0) is 26.0. The highest BCUT2D eigenvalue weighted by Crippen LogP contribution is 2.12. The number of carbonyl (C=O) groups excluding carboxylic acids is 3. The van der Waals surface area contributed by atoms with Gasteiger partial charge in [-0.1, -0.05) is 46.2 Å². The molecule has 8 N–H and O–H groups in total. The summed E-state index contributed by atoms with van der Waals surface area (Å²) in [5, 5.41) is 35.8. The molecular formula is C23H36N4O7. The van der Waals surface area contributed by atoms with Crippen LogP contribution in [-0.2, 0) is 25.6 Å². The average molecular weight is 481 g/mol. The predicted molar refractivity (Wildman–Crippen MR) is 125 cm³/mol. The number of carboxylic acid groups (broad SMARTS) is 1. The van der Waals surface area contributed by atoms with Gasteiger partial charge in [-0.05, 0) is 29.5 Å². The molecule has 0 aromatic heterocycles. The minimum atomic E-state index is -1.36. The lowest BCUT2D eigenvalue weighted by Gasteiger charge is -2.26. The number of hydrogen-bond acceptors (Lipinski definition) is 7. The number of nitrogens with one attached hydrogen (secondary N) is 3. The van der Waals surface area contributed by atoms with Crippen molar-refractivity contribution in [1.82, 2.24) is 16.0 Å². The first-order valence-electron chi connectivity index (χ1n) is 11.2. The fourth-order valence-corrected chi connectivity index (χ4v) is 3.09. The number of aliphatic hydroxyl groups excluding tert-OH is 1. The fourth-order valence-electron chi connectivity index (χ4n) is 3.09. The van der Waals surface area contributed by atoms with Crippen LogP contribution in [0.15, 0.2) is 24.3 Å². The van der Waals surface area contributed by atoms with Crippen LogP contribution in [-0.4, -0.2) is 69.8 Å². The lowest BCUT2D eigenvalue weighted by molar-refractivity contribution is -0.143. The molecule has 0 aliphatic heterocycles. The number of phenolic OH excluding ortho intramolecular Hbond substituents is 1. The number of aliphatic carboxylic acids is 1. The smallest absolute Gasteiger partial charge is 0.326 e. The summed E-state index contributed by atoms with van der Waals surface area (Å²) in [7, 11) is 0. The van der Waals surface area contributed by atoms with Crippen molar-refractivity contribution in [1.29, 1.82) is 0 Å². The van der Waals surface area contributed by atoms with E-state index >= 15 is 0 Å². The van der Waals surface area contributed by atoms with Gasteiger partial charge in [-0.3, -0.25) is 14.4 Å². The van der Waals surface area contributed by atoms with Crippen LogP contribution < -0.4 is 21.7 Å². The molecule has 0 spiro atoms. The normalized spacial score (nSPS) is 15.5. The van der Waals surface area contributed by atoms with Gasteiger partial charge in [0.1, 0.15) is 23.9 Å². The van der Waals surface area contributed by atoms with Gasteiger partial charge in [0.2, 0.25) is 17.7 Å². The minimum Gasteiger partial charge on any atom is -0.508 e. The molecule has 5 unspecified atom stereocenters. The van der Waals surface area contributed by atoms with Gasteiger partial charge in [0.25, 0.3) is 0 Å². The molecule has 0 saturated heterocycles. The molecule has 0 saturated carbocycles. The molecule has 0 aliphatic carbocycles. The topological polar surface area (TPSA) is 191 Å². The third kappa shape index (κ3) is 8.64. The Morgan fingerprint density at radius 1 is 0.912 bits per heavy atom. The Balaban J connectivity index is 3.06. The number of carboxylic acids is 1. The predicted octanol–water partition coefficient (Wildman–Crippen LogP) is -0.505. The molecule has 5 atom stereocenters. The van der Waals surface area contributed by atoms with E-state index < -0.39 is 60.4 Å². The van der Waals surface area contributed by atoms with Crippen LogP contribution >= 0.6 is 0 Å². The van der Waals surface area contributed by atoms with Crippen LogP contribution in [0.5, 0.6) is 5.75 Å². The monoisotopic (exact) mass is 480 g/mol. The number of rotatable bonds is 13. The molecule has 1 aromatic rings. The summed E-state index contributed by atoms with van der Waals surface area (Å²) < 4.78 is 0. The summed E-state index contributed by atoms with van der Waals surface area (Å²) in [5.74, 6) is -3.98. The SMILES string of the molecule is CCC(C)C(N)C(=O)NC(CO)C(=O)NC(Cc1ccc(O)cc1)C(=O)NC(C(=O)O)C(C)C. The van der Waals surface area contributed by atoms with Crippen molar-refractivity contribution < 1.29 is 34.5 Å². The molecular weight excluding hydrogens is 444 g/mol. The van der Waals surface area contributed by atoms with Gasteiger partial charge in [-0.15, -0.1) is 0 Å². The van der Waals surface area contributed by atoms with E-state index in [0.29, 0.717) is 12.0 Å². The van der Waals surface area contributed by atoms with E-state index in [2.05, 4.69) is 16.0 Å². The molecule has 11 heteroatoms. The van der Waals surface area contributed by atoms with Gasteiger partial charge in [0.05, 0.1) is 12.6 Å². The molecule has 0 fully saturated rings.